The van der Waals surface area contributed by atoms with Gasteiger partial charge < -0.3 is 9.47 Å². The molecule has 1 aliphatic heterocycles. The molecule has 64 heavy (non-hydrogen) atoms. The molecule has 0 N–H and O–H groups in total. The average Bonchev–Trinajstić information content (AvgIpc) is 4.01. The third-order valence-corrected chi connectivity index (χ3v) is 15.2. The zero-order valence-corrected chi connectivity index (χ0v) is 35.6. The standard InChI is InChI=1S/C61H38N2S/c1-2-13-39(14-3-1)40-25-30-43(31-26-40)62(44-32-27-41(28-33-44)42-29-36-59-51(37-42)49-17-6-11-24-58(49)64-59)45-34-35-47-46-15-4-7-19-52(46)61(55(47)38-45)53-20-8-10-23-57(53)63-56-22-9-5-16-48(56)50-18-12-21-54(61)60(50)63/h1-38H. The van der Waals surface area contributed by atoms with Crippen molar-refractivity contribution in [2.24, 2.45) is 0 Å². The van der Waals surface area contributed by atoms with E-state index in [2.05, 4.69) is 240 Å². The second-order valence-corrected chi connectivity index (χ2v) is 18.3. The van der Waals surface area contributed by atoms with Gasteiger partial charge in [0.05, 0.1) is 22.1 Å². The van der Waals surface area contributed by atoms with E-state index in [1.54, 1.807) is 0 Å². The first-order valence-corrected chi connectivity index (χ1v) is 22.9. The van der Waals surface area contributed by atoms with Gasteiger partial charge >= 0.3 is 0 Å². The molecule has 10 aromatic carbocycles. The van der Waals surface area contributed by atoms with Crippen molar-refractivity contribution in [3.63, 3.8) is 0 Å². The summed E-state index contributed by atoms with van der Waals surface area (Å²) in [5.41, 5.74) is 19.2. The Hall–Kier alpha value is -7.98. The highest BCUT2D eigenvalue weighted by atomic mass is 32.1. The molecule has 2 aliphatic rings. The van der Waals surface area contributed by atoms with Crippen LogP contribution in [0.3, 0.4) is 0 Å². The number of thiophene rings is 1. The highest BCUT2D eigenvalue weighted by Crippen LogP contribution is 2.61. The topological polar surface area (TPSA) is 8.17 Å². The number of rotatable bonds is 5. The fourth-order valence-electron chi connectivity index (χ4n) is 11.3. The molecule has 2 nitrogen and oxygen atoms in total. The Kier molecular flexibility index (Phi) is 7.51. The van der Waals surface area contributed by atoms with Gasteiger partial charge in [-0.15, -0.1) is 11.3 Å². The molecule has 1 spiro atoms. The zero-order valence-electron chi connectivity index (χ0n) is 34.7. The fraction of sp³-hybridized carbons (Fsp3) is 0.0164. The van der Waals surface area contributed by atoms with Crippen molar-refractivity contribution in [1.29, 1.82) is 0 Å². The number of hydrogen-bond acceptors (Lipinski definition) is 2. The van der Waals surface area contributed by atoms with Crippen molar-refractivity contribution >= 4 is 70.4 Å². The van der Waals surface area contributed by atoms with Crippen molar-refractivity contribution in [2.45, 2.75) is 5.41 Å². The third-order valence-electron chi connectivity index (χ3n) is 14.0. The van der Waals surface area contributed by atoms with Crippen LogP contribution in [0.2, 0.25) is 0 Å². The second-order valence-electron chi connectivity index (χ2n) is 17.2. The smallest absolute Gasteiger partial charge is 0.0755 e. The van der Waals surface area contributed by atoms with Gasteiger partial charge in [0.1, 0.15) is 0 Å². The molecule has 0 fully saturated rings. The maximum absolute atomic E-state index is 2.52. The molecule has 1 unspecified atom stereocenters. The number of nitrogens with zero attached hydrogens (tertiary/aromatic N) is 2. The number of para-hydroxylation sites is 3. The van der Waals surface area contributed by atoms with Crippen LogP contribution in [0.5, 0.6) is 0 Å². The van der Waals surface area contributed by atoms with Gasteiger partial charge in [-0.3, -0.25) is 0 Å². The Morgan fingerprint density at radius 2 is 0.922 bits per heavy atom. The summed E-state index contributed by atoms with van der Waals surface area (Å²) in [7, 11) is 0. The number of aromatic nitrogens is 1. The highest BCUT2D eigenvalue weighted by Gasteiger charge is 2.51. The minimum Gasteiger partial charge on any atom is -0.310 e. The Balaban J connectivity index is 0.984. The lowest BCUT2D eigenvalue weighted by atomic mass is 9.65. The molecule has 0 radical (unpaired) electrons. The summed E-state index contributed by atoms with van der Waals surface area (Å²) in [5.74, 6) is 0. The lowest BCUT2D eigenvalue weighted by Crippen LogP contribution is -2.33. The van der Waals surface area contributed by atoms with Crippen LogP contribution in [0.4, 0.5) is 17.1 Å². The van der Waals surface area contributed by atoms with Crippen molar-refractivity contribution in [3.05, 3.63) is 253 Å². The molecule has 0 amide bonds. The molecule has 12 aromatic rings. The van der Waals surface area contributed by atoms with Gasteiger partial charge in [0.15, 0.2) is 0 Å². The van der Waals surface area contributed by atoms with E-state index in [1.165, 1.54) is 103 Å². The van der Waals surface area contributed by atoms with Crippen LogP contribution in [0, 0.1) is 0 Å². The van der Waals surface area contributed by atoms with Crippen LogP contribution in [0.25, 0.3) is 81.0 Å². The quantitative estimate of drug-likeness (QED) is 0.168. The average molecular weight is 831 g/mol. The molecule has 3 heterocycles. The molecule has 3 heteroatoms. The summed E-state index contributed by atoms with van der Waals surface area (Å²) in [4.78, 5) is 2.44. The van der Waals surface area contributed by atoms with E-state index in [-0.39, 0.29) is 0 Å². The molecule has 14 rings (SSSR count). The molecule has 0 saturated carbocycles. The highest BCUT2D eigenvalue weighted by molar-refractivity contribution is 7.25. The fourth-order valence-corrected chi connectivity index (χ4v) is 12.4. The van der Waals surface area contributed by atoms with Crippen molar-refractivity contribution in [2.75, 3.05) is 4.90 Å². The predicted molar refractivity (Wildman–Crippen MR) is 270 cm³/mol. The normalized spacial score (nSPS) is 14.6. The Labute approximate surface area is 375 Å². The number of benzene rings is 10. The molecule has 2 aromatic heterocycles. The summed E-state index contributed by atoms with van der Waals surface area (Å²) < 4.78 is 5.17. The van der Waals surface area contributed by atoms with Gasteiger partial charge in [-0.25, -0.2) is 0 Å². The monoisotopic (exact) mass is 830 g/mol. The maximum Gasteiger partial charge on any atom is 0.0755 e. The molecule has 0 saturated heterocycles. The van der Waals surface area contributed by atoms with Gasteiger partial charge in [-0.2, -0.15) is 0 Å². The second kappa shape index (κ2) is 13.5. The van der Waals surface area contributed by atoms with E-state index in [0.29, 0.717) is 0 Å². The number of fused-ring (bicyclic) bond motifs is 15. The van der Waals surface area contributed by atoms with E-state index >= 15 is 0 Å². The van der Waals surface area contributed by atoms with Crippen molar-refractivity contribution in [3.8, 4) is 39.1 Å². The number of hydrogen-bond donors (Lipinski definition) is 0. The Morgan fingerprint density at radius 1 is 0.344 bits per heavy atom. The zero-order chi connectivity index (χ0) is 41.9. The molecular formula is C61H38N2S. The van der Waals surface area contributed by atoms with E-state index in [4.69, 9.17) is 0 Å². The minimum atomic E-state index is -0.542. The summed E-state index contributed by atoms with van der Waals surface area (Å²) in [6, 6.07) is 85.9. The summed E-state index contributed by atoms with van der Waals surface area (Å²) in [5, 5.41) is 5.20. The lowest BCUT2D eigenvalue weighted by Gasteiger charge is -2.40. The lowest BCUT2D eigenvalue weighted by molar-refractivity contribution is 0.748. The van der Waals surface area contributed by atoms with Gasteiger partial charge in [-0.05, 0) is 122 Å². The first kappa shape index (κ1) is 35.6. The van der Waals surface area contributed by atoms with E-state index in [9.17, 15) is 0 Å². The molecule has 0 bridgehead atoms. The van der Waals surface area contributed by atoms with Crippen LogP contribution >= 0.6 is 11.3 Å². The van der Waals surface area contributed by atoms with Crippen LogP contribution in [-0.2, 0) is 5.41 Å². The first-order valence-electron chi connectivity index (χ1n) is 22.1. The van der Waals surface area contributed by atoms with Crippen molar-refractivity contribution < 1.29 is 0 Å². The maximum atomic E-state index is 2.52. The molecular weight excluding hydrogens is 793 g/mol. The van der Waals surface area contributed by atoms with Gasteiger partial charge in [0, 0.05) is 48.0 Å². The van der Waals surface area contributed by atoms with Crippen molar-refractivity contribution in [1.82, 2.24) is 4.57 Å². The van der Waals surface area contributed by atoms with Gasteiger partial charge in [0.25, 0.3) is 0 Å². The van der Waals surface area contributed by atoms with Crippen LogP contribution < -0.4 is 4.90 Å². The Bertz CT molecular complexity index is 3840. The summed E-state index contributed by atoms with van der Waals surface area (Å²) in [6.45, 7) is 0. The molecule has 1 aliphatic carbocycles. The predicted octanol–water partition coefficient (Wildman–Crippen LogP) is 16.6. The Morgan fingerprint density at radius 3 is 1.75 bits per heavy atom. The molecule has 1 atom stereocenters. The SMILES string of the molecule is c1ccc(-c2ccc(N(c3ccc(-c4ccc5sc6ccccc6c5c4)cc3)c3ccc4c(c3)C3(c5ccccc5-4)c4ccccc4-n4c5ccccc5c5cccc3c54)cc2)cc1. The minimum absolute atomic E-state index is 0.542. The largest absolute Gasteiger partial charge is 0.310 e. The van der Waals surface area contributed by atoms with E-state index < -0.39 is 5.41 Å². The van der Waals surface area contributed by atoms with Crippen LogP contribution in [-0.4, -0.2) is 4.57 Å². The van der Waals surface area contributed by atoms with Gasteiger partial charge in [0.2, 0.25) is 0 Å². The first-order chi connectivity index (χ1) is 31.7. The van der Waals surface area contributed by atoms with Crippen LogP contribution in [0.1, 0.15) is 22.3 Å². The summed E-state index contributed by atoms with van der Waals surface area (Å²) in [6.07, 6.45) is 0. The molecule has 298 valence electrons. The number of anilines is 3. The summed E-state index contributed by atoms with van der Waals surface area (Å²) >= 11 is 1.86. The van der Waals surface area contributed by atoms with E-state index in [1.807, 2.05) is 11.3 Å². The van der Waals surface area contributed by atoms with Gasteiger partial charge in [-0.1, -0.05) is 164 Å². The van der Waals surface area contributed by atoms with Crippen LogP contribution in [0.15, 0.2) is 231 Å². The third kappa shape index (κ3) is 4.90. The van der Waals surface area contributed by atoms with E-state index in [0.717, 1.165) is 17.1 Å².